The van der Waals surface area contributed by atoms with E-state index in [1.807, 2.05) is 44.3 Å². The molecule has 2 aliphatic rings. The third kappa shape index (κ3) is 3.08. The van der Waals surface area contributed by atoms with E-state index in [0.29, 0.717) is 6.54 Å². The molecule has 0 radical (unpaired) electrons. The number of aliphatic hydroxyl groups excluding tert-OH is 1. The van der Waals surface area contributed by atoms with Crippen molar-refractivity contribution in [1.29, 1.82) is 0 Å². The maximum Gasteiger partial charge on any atom is 0.410 e. The second kappa shape index (κ2) is 5.13. The SMILES string of the molecule is CC(C)(C)OC(=O)N1CC2(CC1CO)SCCS2. The minimum Gasteiger partial charge on any atom is -0.444 e. The van der Waals surface area contributed by atoms with Crippen molar-refractivity contribution in [3.63, 3.8) is 0 Å². The van der Waals surface area contributed by atoms with Crippen molar-refractivity contribution < 1.29 is 14.6 Å². The van der Waals surface area contributed by atoms with Crippen molar-refractivity contribution >= 4 is 29.6 Å². The fourth-order valence-electron chi connectivity index (χ4n) is 2.33. The molecule has 2 rings (SSSR count). The van der Waals surface area contributed by atoms with E-state index < -0.39 is 5.60 Å². The Morgan fingerprint density at radius 3 is 2.56 bits per heavy atom. The highest BCUT2D eigenvalue weighted by Gasteiger charge is 2.49. The van der Waals surface area contributed by atoms with Crippen molar-refractivity contribution in [3.05, 3.63) is 0 Å². The minimum atomic E-state index is -0.483. The number of hydrogen-bond donors (Lipinski definition) is 1. The van der Waals surface area contributed by atoms with Crippen LogP contribution in [-0.2, 0) is 4.74 Å². The number of rotatable bonds is 1. The topological polar surface area (TPSA) is 49.8 Å². The maximum absolute atomic E-state index is 12.1. The number of hydrogen-bond acceptors (Lipinski definition) is 5. The first kappa shape index (κ1) is 14.3. The fraction of sp³-hybridized carbons (Fsp3) is 0.917. The first-order valence-electron chi connectivity index (χ1n) is 6.24. The lowest BCUT2D eigenvalue weighted by Gasteiger charge is -2.28. The number of carbonyl (C=O) groups excluding carboxylic acids is 1. The lowest BCUT2D eigenvalue weighted by molar-refractivity contribution is 0.0176. The van der Waals surface area contributed by atoms with Gasteiger partial charge in [0.2, 0.25) is 0 Å². The monoisotopic (exact) mass is 291 g/mol. The van der Waals surface area contributed by atoms with Crippen molar-refractivity contribution in [2.24, 2.45) is 0 Å². The van der Waals surface area contributed by atoms with Crippen LogP contribution in [0.4, 0.5) is 4.79 Å². The van der Waals surface area contributed by atoms with Gasteiger partial charge in [-0.1, -0.05) is 0 Å². The molecule has 1 unspecified atom stereocenters. The Labute approximate surface area is 117 Å². The molecule has 0 aromatic rings. The Hall–Kier alpha value is -0.0700. The molecule has 4 nitrogen and oxygen atoms in total. The van der Waals surface area contributed by atoms with E-state index in [1.54, 1.807) is 4.90 Å². The lowest BCUT2D eigenvalue weighted by Crippen LogP contribution is -2.41. The highest BCUT2D eigenvalue weighted by Crippen LogP contribution is 2.51. The predicted molar refractivity (Wildman–Crippen MR) is 76.1 cm³/mol. The van der Waals surface area contributed by atoms with Gasteiger partial charge in [-0.15, -0.1) is 23.5 Å². The van der Waals surface area contributed by atoms with Crippen molar-refractivity contribution in [1.82, 2.24) is 4.90 Å². The highest BCUT2D eigenvalue weighted by atomic mass is 32.2. The summed E-state index contributed by atoms with van der Waals surface area (Å²) in [4.78, 5) is 13.8. The average Bonchev–Trinajstić information content (AvgIpc) is 2.84. The molecule has 2 fully saturated rings. The van der Waals surface area contributed by atoms with Gasteiger partial charge in [-0.2, -0.15) is 0 Å². The summed E-state index contributed by atoms with van der Waals surface area (Å²) in [6.07, 6.45) is 0.560. The van der Waals surface area contributed by atoms with Gasteiger partial charge >= 0.3 is 6.09 Å². The van der Waals surface area contributed by atoms with Gasteiger partial charge in [0.05, 0.1) is 16.7 Å². The Kier molecular flexibility index (Phi) is 4.09. The van der Waals surface area contributed by atoms with Gasteiger partial charge in [0.25, 0.3) is 0 Å². The molecule has 2 saturated heterocycles. The van der Waals surface area contributed by atoms with E-state index in [-0.39, 0.29) is 22.8 Å². The van der Waals surface area contributed by atoms with E-state index >= 15 is 0 Å². The molecular weight excluding hydrogens is 270 g/mol. The molecule has 104 valence electrons. The van der Waals surface area contributed by atoms with Gasteiger partial charge in [-0.25, -0.2) is 4.79 Å². The van der Waals surface area contributed by atoms with Gasteiger partial charge in [0.15, 0.2) is 0 Å². The second-order valence-corrected chi connectivity index (χ2v) is 8.97. The Balaban J connectivity index is 2.05. The smallest absolute Gasteiger partial charge is 0.410 e. The number of ether oxygens (including phenoxy) is 1. The van der Waals surface area contributed by atoms with Crippen LogP contribution >= 0.6 is 23.5 Å². The lowest BCUT2D eigenvalue weighted by atomic mass is 10.2. The standard InChI is InChI=1S/C12H21NO3S2/c1-11(2,3)16-10(15)13-8-12(6-9(13)7-14)17-4-5-18-12/h9,14H,4-8H2,1-3H3. The quantitative estimate of drug-likeness (QED) is 0.802. The van der Waals surface area contributed by atoms with Crippen LogP contribution in [0.5, 0.6) is 0 Å². The van der Waals surface area contributed by atoms with E-state index in [1.165, 1.54) is 0 Å². The van der Waals surface area contributed by atoms with Crippen LogP contribution in [-0.4, -0.2) is 56.5 Å². The molecule has 1 spiro atoms. The van der Waals surface area contributed by atoms with Crippen LogP contribution in [0, 0.1) is 0 Å². The largest absolute Gasteiger partial charge is 0.444 e. The number of likely N-dealkylation sites (tertiary alicyclic amines) is 1. The van der Waals surface area contributed by atoms with Crippen LogP contribution < -0.4 is 0 Å². The summed E-state index contributed by atoms with van der Waals surface area (Å²) in [5, 5.41) is 9.46. The van der Waals surface area contributed by atoms with E-state index in [9.17, 15) is 9.90 Å². The van der Waals surface area contributed by atoms with Crippen molar-refractivity contribution in [3.8, 4) is 0 Å². The van der Waals surface area contributed by atoms with E-state index in [4.69, 9.17) is 4.74 Å². The number of carbonyl (C=O) groups is 1. The van der Waals surface area contributed by atoms with Crippen molar-refractivity contribution in [2.75, 3.05) is 24.7 Å². The first-order valence-corrected chi connectivity index (χ1v) is 8.21. The normalized spacial score (nSPS) is 26.9. The van der Waals surface area contributed by atoms with Crippen LogP contribution in [0.1, 0.15) is 27.2 Å². The Morgan fingerprint density at radius 1 is 1.44 bits per heavy atom. The maximum atomic E-state index is 12.1. The van der Waals surface area contributed by atoms with Gasteiger partial charge < -0.3 is 14.7 Å². The average molecular weight is 291 g/mol. The summed E-state index contributed by atoms with van der Waals surface area (Å²) >= 11 is 3.83. The summed E-state index contributed by atoms with van der Waals surface area (Å²) < 4.78 is 5.50. The molecule has 0 aliphatic carbocycles. The Morgan fingerprint density at radius 2 is 2.06 bits per heavy atom. The van der Waals surface area contributed by atoms with Gasteiger partial charge in [-0.05, 0) is 27.2 Å². The molecule has 0 saturated carbocycles. The summed E-state index contributed by atoms with van der Waals surface area (Å²) in [5.74, 6) is 2.26. The molecule has 0 bridgehead atoms. The fourth-order valence-corrected chi connectivity index (χ4v) is 5.65. The Bertz CT molecular complexity index is 324. The number of thioether (sulfide) groups is 2. The zero-order valence-electron chi connectivity index (χ0n) is 11.1. The van der Waals surface area contributed by atoms with E-state index in [2.05, 4.69) is 0 Å². The molecule has 1 amide bonds. The molecule has 0 aromatic carbocycles. The molecular formula is C12H21NO3S2. The highest BCUT2D eigenvalue weighted by molar-refractivity contribution is 8.21. The third-order valence-corrected chi connectivity index (χ3v) is 6.48. The molecule has 2 heterocycles. The zero-order chi connectivity index (χ0) is 13.4. The molecule has 1 N–H and O–H groups in total. The number of nitrogens with zero attached hydrogens (tertiary/aromatic N) is 1. The summed E-state index contributed by atoms with van der Waals surface area (Å²) in [5.41, 5.74) is -0.483. The summed E-state index contributed by atoms with van der Waals surface area (Å²) in [6.45, 7) is 6.29. The van der Waals surface area contributed by atoms with Gasteiger partial charge in [0, 0.05) is 18.1 Å². The zero-order valence-corrected chi connectivity index (χ0v) is 12.8. The van der Waals surface area contributed by atoms with Crippen LogP contribution in [0.3, 0.4) is 0 Å². The number of amides is 1. The van der Waals surface area contributed by atoms with Crippen LogP contribution in [0.2, 0.25) is 0 Å². The van der Waals surface area contributed by atoms with E-state index in [0.717, 1.165) is 17.9 Å². The third-order valence-electron chi connectivity index (χ3n) is 3.05. The second-order valence-electron chi connectivity index (χ2n) is 5.76. The van der Waals surface area contributed by atoms with Gasteiger partial charge in [0.1, 0.15) is 5.60 Å². The van der Waals surface area contributed by atoms with Crippen LogP contribution in [0.25, 0.3) is 0 Å². The molecule has 2 aliphatic heterocycles. The van der Waals surface area contributed by atoms with Crippen LogP contribution in [0.15, 0.2) is 0 Å². The summed E-state index contributed by atoms with van der Waals surface area (Å²) in [7, 11) is 0. The minimum absolute atomic E-state index is 0.0160. The van der Waals surface area contributed by atoms with Crippen molar-refractivity contribution in [2.45, 2.75) is 42.9 Å². The summed E-state index contributed by atoms with van der Waals surface area (Å²) in [6, 6.07) is -0.0991. The molecule has 18 heavy (non-hydrogen) atoms. The number of aliphatic hydroxyl groups is 1. The molecule has 1 atom stereocenters. The predicted octanol–water partition coefficient (Wildman–Crippen LogP) is 2.16. The first-order chi connectivity index (χ1) is 8.35. The van der Waals surface area contributed by atoms with Gasteiger partial charge in [-0.3, -0.25) is 0 Å². The molecule has 0 aromatic heterocycles. The molecule has 6 heteroatoms.